The molecule has 0 bridgehead atoms. The fraction of sp³-hybridized carbons (Fsp3) is 0.480. The van der Waals surface area contributed by atoms with Gasteiger partial charge in [-0.15, -0.1) is 11.3 Å². The van der Waals surface area contributed by atoms with Gasteiger partial charge in [-0.25, -0.2) is 0 Å². The molecule has 0 saturated heterocycles. The highest BCUT2D eigenvalue weighted by Gasteiger charge is 2.11. The molecule has 2 aromatic heterocycles. The van der Waals surface area contributed by atoms with Crippen molar-refractivity contribution in [1.29, 1.82) is 0 Å². The summed E-state index contributed by atoms with van der Waals surface area (Å²) in [6, 6.07) is 9.77. The summed E-state index contributed by atoms with van der Waals surface area (Å²) >= 11 is 1.44. The lowest BCUT2D eigenvalue weighted by Gasteiger charge is -2.06. The maximum absolute atomic E-state index is 11.8. The molecule has 0 aliphatic rings. The van der Waals surface area contributed by atoms with Crippen LogP contribution in [0.15, 0.2) is 44.9 Å². The second-order valence-corrected chi connectivity index (χ2v) is 8.64. The summed E-state index contributed by atoms with van der Waals surface area (Å²) in [5.74, 6) is 1.61. The Kier molecular flexibility index (Phi) is 8.98. The topological polar surface area (TPSA) is 30.2 Å². The van der Waals surface area contributed by atoms with Crippen LogP contribution in [0.3, 0.4) is 0 Å². The summed E-state index contributed by atoms with van der Waals surface area (Å²) in [5.41, 5.74) is 4.04. The SMILES string of the molecule is CCCCCCC(C)CC.Cc1ccc(-c2csc3c(=O)cc(C)oc23)cc1. The minimum absolute atomic E-state index is 0.0390. The quantitative estimate of drug-likeness (QED) is 0.376. The number of hydrogen-bond donors (Lipinski definition) is 0. The zero-order valence-electron chi connectivity index (χ0n) is 18.0. The van der Waals surface area contributed by atoms with E-state index >= 15 is 0 Å². The molecule has 0 radical (unpaired) electrons. The molecule has 1 aromatic carbocycles. The zero-order chi connectivity index (χ0) is 20.5. The minimum Gasteiger partial charge on any atom is -0.460 e. The highest BCUT2D eigenvalue weighted by Crippen LogP contribution is 2.32. The van der Waals surface area contributed by atoms with Crippen LogP contribution < -0.4 is 5.43 Å². The van der Waals surface area contributed by atoms with Crippen LogP contribution in [0.25, 0.3) is 21.4 Å². The van der Waals surface area contributed by atoms with Gasteiger partial charge in [-0.2, -0.15) is 0 Å². The van der Waals surface area contributed by atoms with E-state index in [1.807, 2.05) is 5.38 Å². The fourth-order valence-electron chi connectivity index (χ4n) is 3.12. The molecule has 2 nitrogen and oxygen atoms in total. The first-order valence-corrected chi connectivity index (χ1v) is 11.4. The van der Waals surface area contributed by atoms with Gasteiger partial charge in [0.05, 0.1) is 0 Å². The van der Waals surface area contributed by atoms with Crippen molar-refractivity contribution >= 4 is 21.6 Å². The van der Waals surface area contributed by atoms with E-state index in [9.17, 15) is 4.79 Å². The number of benzene rings is 1. The molecule has 0 spiro atoms. The molecule has 3 heteroatoms. The van der Waals surface area contributed by atoms with Crippen LogP contribution in [0.1, 0.15) is 70.6 Å². The highest BCUT2D eigenvalue weighted by atomic mass is 32.1. The van der Waals surface area contributed by atoms with Crippen molar-refractivity contribution in [3.8, 4) is 11.1 Å². The minimum atomic E-state index is 0.0390. The molecule has 0 amide bonds. The van der Waals surface area contributed by atoms with Gasteiger partial charge in [0, 0.05) is 17.0 Å². The van der Waals surface area contributed by atoms with Gasteiger partial charge in [0.2, 0.25) is 5.43 Å². The average Bonchev–Trinajstić information content (AvgIpc) is 3.10. The second-order valence-electron chi connectivity index (χ2n) is 7.76. The number of hydrogen-bond acceptors (Lipinski definition) is 3. The van der Waals surface area contributed by atoms with Crippen molar-refractivity contribution in [3.05, 3.63) is 57.3 Å². The smallest absolute Gasteiger partial charge is 0.202 e. The molecule has 2 heterocycles. The number of aryl methyl sites for hydroxylation is 2. The molecule has 0 N–H and O–H groups in total. The first kappa shape index (κ1) is 22.4. The van der Waals surface area contributed by atoms with Gasteiger partial charge in [-0.3, -0.25) is 4.79 Å². The molecule has 3 rings (SSSR count). The van der Waals surface area contributed by atoms with Gasteiger partial charge in [-0.05, 0) is 25.3 Å². The van der Waals surface area contributed by atoms with E-state index < -0.39 is 0 Å². The van der Waals surface area contributed by atoms with E-state index in [0.717, 1.165) is 17.0 Å². The van der Waals surface area contributed by atoms with E-state index in [2.05, 4.69) is 52.0 Å². The molecule has 0 aliphatic carbocycles. The third-order valence-electron chi connectivity index (χ3n) is 5.18. The molecular formula is C25H34O2S. The van der Waals surface area contributed by atoms with Crippen LogP contribution in [-0.4, -0.2) is 0 Å². The number of thiophene rings is 1. The largest absolute Gasteiger partial charge is 0.460 e. The van der Waals surface area contributed by atoms with Crippen molar-refractivity contribution in [1.82, 2.24) is 0 Å². The Balaban J connectivity index is 0.000000242. The third kappa shape index (κ3) is 6.34. The van der Waals surface area contributed by atoms with Crippen LogP contribution in [0.4, 0.5) is 0 Å². The molecule has 28 heavy (non-hydrogen) atoms. The van der Waals surface area contributed by atoms with Crippen LogP contribution in [0.5, 0.6) is 0 Å². The molecule has 0 saturated carbocycles. The third-order valence-corrected chi connectivity index (χ3v) is 6.15. The summed E-state index contributed by atoms with van der Waals surface area (Å²) in [4.78, 5) is 11.8. The maximum atomic E-state index is 11.8. The Bertz CT molecular complexity index is 902. The summed E-state index contributed by atoms with van der Waals surface area (Å²) < 4.78 is 6.40. The van der Waals surface area contributed by atoms with E-state index in [0.29, 0.717) is 16.0 Å². The maximum Gasteiger partial charge on any atom is 0.202 e. The van der Waals surface area contributed by atoms with Gasteiger partial charge in [0.15, 0.2) is 5.58 Å². The van der Waals surface area contributed by atoms with Crippen LogP contribution in [-0.2, 0) is 0 Å². The van der Waals surface area contributed by atoms with Crippen molar-refractivity contribution < 1.29 is 4.42 Å². The van der Waals surface area contributed by atoms with Crippen LogP contribution in [0.2, 0.25) is 0 Å². The standard InChI is InChI=1S/C15H12O2S.C10H22/c1-9-3-5-11(6-4-9)12-8-18-15-13(16)7-10(2)17-14(12)15;1-4-6-7-8-9-10(3)5-2/h3-8H,1-2H3;10H,4-9H2,1-3H3. The van der Waals surface area contributed by atoms with Gasteiger partial charge < -0.3 is 4.42 Å². The molecule has 0 fully saturated rings. The van der Waals surface area contributed by atoms with Crippen molar-refractivity contribution in [3.63, 3.8) is 0 Å². The number of rotatable bonds is 7. The Morgan fingerprint density at radius 2 is 1.75 bits per heavy atom. The summed E-state index contributed by atoms with van der Waals surface area (Å²) in [7, 11) is 0. The van der Waals surface area contributed by atoms with E-state index in [4.69, 9.17) is 4.42 Å². The lowest BCUT2D eigenvalue weighted by Crippen LogP contribution is -1.97. The molecule has 152 valence electrons. The van der Waals surface area contributed by atoms with Gasteiger partial charge in [0.25, 0.3) is 0 Å². The zero-order valence-corrected chi connectivity index (χ0v) is 18.8. The van der Waals surface area contributed by atoms with E-state index in [-0.39, 0.29) is 5.43 Å². The normalized spacial score (nSPS) is 11.9. The first-order valence-electron chi connectivity index (χ1n) is 10.5. The Hall–Kier alpha value is -1.87. The molecule has 1 unspecified atom stereocenters. The molecular weight excluding hydrogens is 364 g/mol. The van der Waals surface area contributed by atoms with Gasteiger partial charge in [0.1, 0.15) is 10.5 Å². The molecule has 3 aromatic rings. The van der Waals surface area contributed by atoms with Crippen LogP contribution in [0, 0.1) is 19.8 Å². The Morgan fingerprint density at radius 1 is 1.04 bits per heavy atom. The van der Waals surface area contributed by atoms with Gasteiger partial charge in [-0.1, -0.05) is 89.1 Å². The number of unbranched alkanes of at least 4 members (excludes halogenated alkanes) is 3. The summed E-state index contributed by atoms with van der Waals surface area (Å²) in [6.07, 6.45) is 8.48. The summed E-state index contributed by atoms with van der Waals surface area (Å²) in [5, 5.41) is 1.99. The summed E-state index contributed by atoms with van der Waals surface area (Å²) in [6.45, 7) is 10.8. The second kappa shape index (κ2) is 11.2. The van der Waals surface area contributed by atoms with Crippen molar-refractivity contribution in [2.24, 2.45) is 5.92 Å². The van der Waals surface area contributed by atoms with E-state index in [1.165, 1.54) is 61.5 Å². The Labute approximate surface area is 173 Å². The monoisotopic (exact) mass is 398 g/mol. The molecule has 0 aliphatic heterocycles. The van der Waals surface area contributed by atoms with Crippen molar-refractivity contribution in [2.45, 2.75) is 73.1 Å². The lowest BCUT2D eigenvalue weighted by atomic mass is 10.0. The van der Waals surface area contributed by atoms with Gasteiger partial charge >= 0.3 is 0 Å². The lowest BCUT2D eigenvalue weighted by molar-refractivity contribution is 0.477. The predicted octanol–water partition coefficient (Wildman–Crippen LogP) is 8.14. The Morgan fingerprint density at radius 3 is 2.39 bits per heavy atom. The van der Waals surface area contributed by atoms with E-state index in [1.54, 1.807) is 6.92 Å². The first-order chi connectivity index (χ1) is 13.5. The van der Waals surface area contributed by atoms with Crippen molar-refractivity contribution in [2.75, 3.05) is 0 Å². The predicted molar refractivity (Wildman–Crippen MR) is 123 cm³/mol. The fourth-order valence-corrected chi connectivity index (χ4v) is 4.03. The highest BCUT2D eigenvalue weighted by molar-refractivity contribution is 7.17. The van der Waals surface area contributed by atoms with Crippen LogP contribution >= 0.6 is 11.3 Å². The molecule has 1 atom stereocenters. The average molecular weight is 399 g/mol. The number of fused-ring (bicyclic) bond motifs is 1.